The maximum absolute atomic E-state index is 12.1. The number of rotatable bonds is 4. The second-order valence-corrected chi connectivity index (χ2v) is 6.21. The van der Waals surface area contributed by atoms with Crippen LogP contribution in [0, 0.1) is 0 Å². The summed E-state index contributed by atoms with van der Waals surface area (Å²) in [5.41, 5.74) is 0. The molecule has 2 heterocycles. The predicted octanol–water partition coefficient (Wildman–Crippen LogP) is 0.106. The lowest BCUT2D eigenvalue weighted by Gasteiger charge is -2.13. The van der Waals surface area contributed by atoms with Crippen LogP contribution in [-0.4, -0.2) is 51.5 Å². The summed E-state index contributed by atoms with van der Waals surface area (Å²) >= 11 is 0. The molecule has 1 aromatic rings. The molecule has 2 N–H and O–H groups in total. The zero-order valence-electron chi connectivity index (χ0n) is 10.5. The Labute approximate surface area is 107 Å². The van der Waals surface area contributed by atoms with E-state index in [-0.39, 0.29) is 10.9 Å². The van der Waals surface area contributed by atoms with Gasteiger partial charge in [-0.3, -0.25) is 0 Å². The Morgan fingerprint density at radius 2 is 2.22 bits per heavy atom. The molecular formula is C11H18N4O2S. The summed E-state index contributed by atoms with van der Waals surface area (Å²) in [6, 6.07) is 3.19. The van der Waals surface area contributed by atoms with Gasteiger partial charge in [-0.05, 0) is 32.1 Å². The lowest BCUT2D eigenvalue weighted by Crippen LogP contribution is -2.36. The van der Waals surface area contributed by atoms with E-state index in [1.165, 1.54) is 6.20 Å². The van der Waals surface area contributed by atoms with Crippen molar-refractivity contribution in [3.63, 3.8) is 0 Å². The first-order valence-corrected chi connectivity index (χ1v) is 7.34. The maximum atomic E-state index is 12.1. The summed E-state index contributed by atoms with van der Waals surface area (Å²) in [6.07, 6.45) is 2.21. The molecule has 0 spiro atoms. The van der Waals surface area contributed by atoms with Gasteiger partial charge in [0.25, 0.3) is 0 Å². The molecule has 0 amide bonds. The molecule has 1 fully saturated rings. The second-order valence-electron chi connectivity index (χ2n) is 4.50. The van der Waals surface area contributed by atoms with Crippen LogP contribution in [0.15, 0.2) is 23.2 Å². The van der Waals surface area contributed by atoms with E-state index in [0.29, 0.717) is 5.82 Å². The zero-order valence-corrected chi connectivity index (χ0v) is 11.4. The lowest BCUT2D eigenvalue weighted by atomic mass is 10.3. The van der Waals surface area contributed by atoms with Crippen molar-refractivity contribution in [1.82, 2.24) is 14.6 Å². The van der Waals surface area contributed by atoms with Crippen LogP contribution in [0.2, 0.25) is 0 Å². The Balaban J connectivity index is 2.10. The minimum atomic E-state index is -3.46. The number of likely N-dealkylation sites (N-methyl/N-ethyl adjacent to an activating group) is 1. The molecule has 0 radical (unpaired) electrons. The van der Waals surface area contributed by atoms with E-state index in [1.54, 1.807) is 19.2 Å². The van der Waals surface area contributed by atoms with Crippen molar-refractivity contribution in [3.05, 3.63) is 18.3 Å². The molecule has 1 atom stereocenters. The average Bonchev–Trinajstić information content (AvgIpc) is 2.74. The van der Waals surface area contributed by atoms with Crippen LogP contribution < -0.4 is 10.0 Å². The minimum Gasteiger partial charge on any atom is -0.373 e. The Hall–Kier alpha value is -1.18. The van der Waals surface area contributed by atoms with Crippen LogP contribution >= 0.6 is 0 Å². The number of hydrogen-bond acceptors (Lipinski definition) is 5. The molecule has 1 saturated heterocycles. The number of aromatic nitrogens is 1. The van der Waals surface area contributed by atoms with Gasteiger partial charge in [-0.2, -0.15) is 0 Å². The first kappa shape index (κ1) is 13.3. The molecule has 2 rings (SSSR count). The van der Waals surface area contributed by atoms with Gasteiger partial charge < -0.3 is 10.2 Å². The third-order valence-electron chi connectivity index (χ3n) is 3.02. The highest BCUT2D eigenvalue weighted by Crippen LogP contribution is 2.13. The molecule has 1 aliphatic heterocycles. The molecule has 0 aromatic carbocycles. The molecule has 1 aromatic heterocycles. The number of anilines is 1. The van der Waals surface area contributed by atoms with E-state index < -0.39 is 10.0 Å². The van der Waals surface area contributed by atoms with Crippen molar-refractivity contribution in [1.29, 1.82) is 0 Å². The van der Waals surface area contributed by atoms with Crippen molar-refractivity contribution >= 4 is 15.8 Å². The lowest BCUT2D eigenvalue weighted by molar-refractivity contribution is 0.407. The minimum absolute atomic E-state index is 0.0102. The topological polar surface area (TPSA) is 74.3 Å². The van der Waals surface area contributed by atoms with Gasteiger partial charge >= 0.3 is 0 Å². The quantitative estimate of drug-likeness (QED) is 0.812. The molecule has 1 unspecified atom stereocenters. The molecule has 0 bridgehead atoms. The van der Waals surface area contributed by atoms with E-state index in [1.807, 2.05) is 7.05 Å². The standard InChI is InChI=1S/C11H18N4O2S/c1-12-11-4-3-10(7-13-11)18(16,17)14-9-5-6-15(2)8-9/h3-4,7,9,14H,5-6,8H2,1-2H3,(H,12,13). The van der Waals surface area contributed by atoms with Gasteiger partial charge in [-0.15, -0.1) is 0 Å². The fraction of sp³-hybridized carbons (Fsp3) is 0.545. The summed E-state index contributed by atoms with van der Waals surface area (Å²) < 4.78 is 26.9. The number of sulfonamides is 1. The molecule has 100 valence electrons. The Morgan fingerprint density at radius 3 is 2.72 bits per heavy atom. The number of nitrogens with zero attached hydrogens (tertiary/aromatic N) is 2. The van der Waals surface area contributed by atoms with Crippen molar-refractivity contribution < 1.29 is 8.42 Å². The highest BCUT2D eigenvalue weighted by molar-refractivity contribution is 7.89. The molecular weight excluding hydrogens is 252 g/mol. The Morgan fingerprint density at radius 1 is 1.44 bits per heavy atom. The summed E-state index contributed by atoms with van der Waals surface area (Å²) in [6.45, 7) is 1.67. The summed E-state index contributed by atoms with van der Waals surface area (Å²) in [4.78, 5) is 6.32. The first-order chi connectivity index (χ1) is 8.51. The Kier molecular flexibility index (Phi) is 3.84. The molecule has 7 heteroatoms. The Bertz CT molecular complexity index is 500. The van der Waals surface area contributed by atoms with Crippen LogP contribution in [0.1, 0.15) is 6.42 Å². The summed E-state index contributed by atoms with van der Waals surface area (Å²) in [7, 11) is 0.264. The molecule has 18 heavy (non-hydrogen) atoms. The highest BCUT2D eigenvalue weighted by Gasteiger charge is 2.25. The van der Waals surface area contributed by atoms with Crippen molar-refractivity contribution in [2.45, 2.75) is 17.4 Å². The molecule has 0 saturated carbocycles. The van der Waals surface area contributed by atoms with E-state index in [2.05, 4.69) is 19.9 Å². The fourth-order valence-corrected chi connectivity index (χ4v) is 3.21. The number of hydrogen-bond donors (Lipinski definition) is 2. The van der Waals surface area contributed by atoms with Crippen LogP contribution in [0.5, 0.6) is 0 Å². The molecule has 0 aliphatic carbocycles. The maximum Gasteiger partial charge on any atom is 0.242 e. The fourth-order valence-electron chi connectivity index (χ4n) is 2.01. The van der Waals surface area contributed by atoms with E-state index in [9.17, 15) is 8.42 Å². The van der Waals surface area contributed by atoms with Gasteiger partial charge in [-0.25, -0.2) is 18.1 Å². The zero-order chi connectivity index (χ0) is 13.2. The van der Waals surface area contributed by atoms with Crippen LogP contribution in [0.4, 0.5) is 5.82 Å². The number of likely N-dealkylation sites (tertiary alicyclic amines) is 1. The van der Waals surface area contributed by atoms with Crippen molar-refractivity contribution in [2.75, 3.05) is 32.5 Å². The van der Waals surface area contributed by atoms with Gasteiger partial charge in [0.1, 0.15) is 10.7 Å². The average molecular weight is 270 g/mol. The number of nitrogens with one attached hydrogen (secondary N) is 2. The summed E-state index contributed by atoms with van der Waals surface area (Å²) in [5, 5.41) is 2.85. The predicted molar refractivity (Wildman–Crippen MR) is 70.0 cm³/mol. The first-order valence-electron chi connectivity index (χ1n) is 5.86. The highest BCUT2D eigenvalue weighted by atomic mass is 32.2. The largest absolute Gasteiger partial charge is 0.373 e. The smallest absolute Gasteiger partial charge is 0.242 e. The summed E-state index contributed by atoms with van der Waals surface area (Å²) in [5.74, 6) is 0.648. The second kappa shape index (κ2) is 5.21. The molecule has 1 aliphatic rings. The monoisotopic (exact) mass is 270 g/mol. The van der Waals surface area contributed by atoms with Gasteiger partial charge in [0.2, 0.25) is 10.0 Å². The van der Waals surface area contributed by atoms with Crippen LogP contribution in [0.3, 0.4) is 0 Å². The van der Waals surface area contributed by atoms with Crippen LogP contribution in [0.25, 0.3) is 0 Å². The van der Waals surface area contributed by atoms with Gasteiger partial charge in [0, 0.05) is 25.8 Å². The molecule has 6 nitrogen and oxygen atoms in total. The SMILES string of the molecule is CNc1ccc(S(=O)(=O)NC2CCN(C)C2)cn1. The van der Waals surface area contributed by atoms with Gasteiger partial charge in [-0.1, -0.05) is 0 Å². The van der Waals surface area contributed by atoms with Crippen LogP contribution in [-0.2, 0) is 10.0 Å². The van der Waals surface area contributed by atoms with Gasteiger partial charge in [0.15, 0.2) is 0 Å². The normalized spacial score (nSPS) is 21.1. The third kappa shape index (κ3) is 2.98. The van der Waals surface area contributed by atoms with Gasteiger partial charge in [0.05, 0.1) is 0 Å². The van der Waals surface area contributed by atoms with Crippen molar-refractivity contribution in [3.8, 4) is 0 Å². The van der Waals surface area contributed by atoms with E-state index in [4.69, 9.17) is 0 Å². The van der Waals surface area contributed by atoms with Crippen molar-refractivity contribution in [2.24, 2.45) is 0 Å². The van der Waals surface area contributed by atoms with E-state index >= 15 is 0 Å². The third-order valence-corrected chi connectivity index (χ3v) is 4.52. The van der Waals surface area contributed by atoms with E-state index in [0.717, 1.165) is 19.5 Å². The number of pyridine rings is 1.